The third-order valence-electron chi connectivity index (χ3n) is 9.33. The van der Waals surface area contributed by atoms with E-state index in [9.17, 15) is 0 Å². The molecule has 8 aromatic carbocycles. The Morgan fingerprint density at radius 2 is 0.917 bits per heavy atom. The molecule has 2 nitrogen and oxygen atoms in total. The van der Waals surface area contributed by atoms with Crippen LogP contribution in [0.4, 0.5) is 17.1 Å². The van der Waals surface area contributed by atoms with Gasteiger partial charge in [-0.1, -0.05) is 127 Å². The largest absolute Gasteiger partial charge is 0.310 e. The molecule has 2 heteroatoms. The molecule has 0 amide bonds. The van der Waals surface area contributed by atoms with E-state index in [-0.39, 0.29) is 0 Å². The number of rotatable bonds is 6. The summed E-state index contributed by atoms with van der Waals surface area (Å²) in [6.45, 7) is 0. The monoisotopic (exact) mass is 612 g/mol. The van der Waals surface area contributed by atoms with Gasteiger partial charge in [-0.25, -0.2) is 0 Å². The van der Waals surface area contributed by atoms with E-state index in [2.05, 4.69) is 204 Å². The van der Waals surface area contributed by atoms with Crippen LogP contribution in [0.2, 0.25) is 0 Å². The van der Waals surface area contributed by atoms with E-state index in [1.165, 1.54) is 54.8 Å². The van der Waals surface area contributed by atoms with Crippen molar-refractivity contribution in [2.45, 2.75) is 0 Å². The standard InChI is InChI=1S/C46H32N2/c1-4-17-37(18-5-1)47(38-19-6-2-7-20-38)40-30-35(29-36(31-40)42-25-14-16-33-15-10-11-23-41(33)42)34-27-28-44-43-24-12-13-26-45(43)48(46(44)32-34)39-21-8-3-9-22-39/h1-32H. The quantitative estimate of drug-likeness (QED) is 0.181. The highest BCUT2D eigenvalue weighted by molar-refractivity contribution is 6.10. The lowest BCUT2D eigenvalue weighted by atomic mass is 9.93. The van der Waals surface area contributed by atoms with Crippen LogP contribution in [0, 0.1) is 0 Å². The van der Waals surface area contributed by atoms with Crippen molar-refractivity contribution in [3.8, 4) is 27.9 Å². The topological polar surface area (TPSA) is 8.17 Å². The van der Waals surface area contributed by atoms with Crippen molar-refractivity contribution in [2.24, 2.45) is 0 Å². The molecule has 0 aliphatic rings. The van der Waals surface area contributed by atoms with Crippen molar-refractivity contribution in [1.82, 2.24) is 4.57 Å². The van der Waals surface area contributed by atoms with E-state index in [4.69, 9.17) is 0 Å². The fourth-order valence-electron chi connectivity index (χ4n) is 7.15. The lowest BCUT2D eigenvalue weighted by Crippen LogP contribution is -2.10. The summed E-state index contributed by atoms with van der Waals surface area (Å²) < 4.78 is 2.39. The molecule has 0 aliphatic carbocycles. The number of fused-ring (bicyclic) bond motifs is 4. The highest BCUT2D eigenvalue weighted by atomic mass is 15.1. The number of aromatic nitrogens is 1. The van der Waals surface area contributed by atoms with E-state index in [0.29, 0.717) is 0 Å². The Bertz CT molecular complexity index is 2500. The third-order valence-corrected chi connectivity index (χ3v) is 9.33. The molecule has 0 atom stereocenters. The van der Waals surface area contributed by atoms with Gasteiger partial charge in [-0.05, 0) is 99.8 Å². The Labute approximate surface area is 280 Å². The zero-order chi connectivity index (χ0) is 31.9. The average Bonchev–Trinajstić information content (AvgIpc) is 3.49. The average molecular weight is 613 g/mol. The van der Waals surface area contributed by atoms with Gasteiger partial charge in [0.25, 0.3) is 0 Å². The summed E-state index contributed by atoms with van der Waals surface area (Å²) >= 11 is 0. The first-order valence-electron chi connectivity index (χ1n) is 16.4. The molecule has 0 saturated carbocycles. The molecule has 0 N–H and O–H groups in total. The molecule has 9 aromatic rings. The van der Waals surface area contributed by atoms with Gasteiger partial charge in [0, 0.05) is 33.5 Å². The summed E-state index contributed by atoms with van der Waals surface area (Å²) in [5, 5.41) is 4.98. The summed E-state index contributed by atoms with van der Waals surface area (Å²) in [5.74, 6) is 0. The van der Waals surface area contributed by atoms with Gasteiger partial charge in [0.2, 0.25) is 0 Å². The maximum Gasteiger partial charge on any atom is 0.0547 e. The minimum Gasteiger partial charge on any atom is -0.310 e. The number of benzene rings is 8. The Morgan fingerprint density at radius 1 is 0.333 bits per heavy atom. The number of nitrogens with zero attached hydrogens (tertiary/aromatic N) is 2. The molecule has 0 saturated heterocycles. The van der Waals surface area contributed by atoms with Gasteiger partial charge < -0.3 is 9.47 Å². The van der Waals surface area contributed by atoms with Gasteiger partial charge in [-0.15, -0.1) is 0 Å². The molecular weight excluding hydrogens is 581 g/mol. The second-order valence-electron chi connectivity index (χ2n) is 12.2. The minimum atomic E-state index is 1.11. The summed E-state index contributed by atoms with van der Waals surface area (Å²) in [6, 6.07) is 70.0. The molecule has 226 valence electrons. The minimum absolute atomic E-state index is 1.11. The molecule has 0 unspecified atom stereocenters. The van der Waals surface area contributed by atoms with E-state index in [1.807, 2.05) is 0 Å². The predicted octanol–water partition coefficient (Wildman–Crippen LogP) is 12.7. The van der Waals surface area contributed by atoms with Crippen molar-refractivity contribution in [3.63, 3.8) is 0 Å². The van der Waals surface area contributed by atoms with Gasteiger partial charge >= 0.3 is 0 Å². The zero-order valence-corrected chi connectivity index (χ0v) is 26.4. The van der Waals surface area contributed by atoms with Gasteiger partial charge in [-0.2, -0.15) is 0 Å². The maximum absolute atomic E-state index is 2.39. The van der Waals surface area contributed by atoms with E-state index in [1.54, 1.807) is 0 Å². The highest BCUT2D eigenvalue weighted by Gasteiger charge is 2.18. The Morgan fingerprint density at radius 3 is 1.67 bits per heavy atom. The lowest BCUT2D eigenvalue weighted by molar-refractivity contribution is 1.18. The van der Waals surface area contributed by atoms with Crippen LogP contribution in [-0.4, -0.2) is 4.57 Å². The van der Waals surface area contributed by atoms with Crippen LogP contribution >= 0.6 is 0 Å². The van der Waals surface area contributed by atoms with Crippen molar-refractivity contribution in [2.75, 3.05) is 4.90 Å². The molecule has 0 fully saturated rings. The van der Waals surface area contributed by atoms with Crippen molar-refractivity contribution in [1.29, 1.82) is 0 Å². The maximum atomic E-state index is 2.39. The first kappa shape index (κ1) is 27.9. The molecule has 9 rings (SSSR count). The summed E-state index contributed by atoms with van der Waals surface area (Å²) in [5.41, 5.74) is 11.6. The number of anilines is 3. The molecule has 0 radical (unpaired) electrons. The number of hydrogen-bond donors (Lipinski definition) is 0. The Hall–Kier alpha value is -6.38. The van der Waals surface area contributed by atoms with Crippen LogP contribution in [0.1, 0.15) is 0 Å². The molecule has 48 heavy (non-hydrogen) atoms. The normalized spacial score (nSPS) is 11.3. The van der Waals surface area contributed by atoms with Gasteiger partial charge in [0.15, 0.2) is 0 Å². The lowest BCUT2D eigenvalue weighted by Gasteiger charge is -2.27. The van der Waals surface area contributed by atoms with E-state index < -0.39 is 0 Å². The summed E-state index contributed by atoms with van der Waals surface area (Å²) in [7, 11) is 0. The van der Waals surface area contributed by atoms with Crippen molar-refractivity contribution >= 4 is 49.6 Å². The molecule has 0 aliphatic heterocycles. The van der Waals surface area contributed by atoms with Gasteiger partial charge in [-0.3, -0.25) is 0 Å². The van der Waals surface area contributed by atoms with Crippen LogP contribution in [0.3, 0.4) is 0 Å². The molecule has 0 bridgehead atoms. The summed E-state index contributed by atoms with van der Waals surface area (Å²) in [6.07, 6.45) is 0. The summed E-state index contributed by atoms with van der Waals surface area (Å²) in [4.78, 5) is 2.36. The smallest absolute Gasteiger partial charge is 0.0547 e. The Balaban J connectivity index is 1.32. The van der Waals surface area contributed by atoms with Crippen LogP contribution in [0.25, 0.3) is 60.5 Å². The second-order valence-corrected chi connectivity index (χ2v) is 12.2. The Kier molecular flexibility index (Phi) is 6.84. The molecule has 1 aromatic heterocycles. The van der Waals surface area contributed by atoms with Crippen LogP contribution in [0.15, 0.2) is 194 Å². The number of para-hydroxylation sites is 4. The van der Waals surface area contributed by atoms with Crippen molar-refractivity contribution < 1.29 is 0 Å². The first-order chi connectivity index (χ1) is 23.8. The van der Waals surface area contributed by atoms with E-state index in [0.717, 1.165) is 22.7 Å². The van der Waals surface area contributed by atoms with Gasteiger partial charge in [0.1, 0.15) is 0 Å². The van der Waals surface area contributed by atoms with Gasteiger partial charge in [0.05, 0.1) is 11.0 Å². The van der Waals surface area contributed by atoms with Crippen LogP contribution in [0.5, 0.6) is 0 Å². The molecule has 0 spiro atoms. The first-order valence-corrected chi connectivity index (χ1v) is 16.4. The van der Waals surface area contributed by atoms with Crippen molar-refractivity contribution in [3.05, 3.63) is 194 Å². The fraction of sp³-hybridized carbons (Fsp3) is 0. The van der Waals surface area contributed by atoms with E-state index >= 15 is 0 Å². The molecular formula is C46H32N2. The fourth-order valence-corrected chi connectivity index (χ4v) is 7.15. The van der Waals surface area contributed by atoms with Crippen LogP contribution in [-0.2, 0) is 0 Å². The van der Waals surface area contributed by atoms with Crippen LogP contribution < -0.4 is 4.90 Å². The molecule has 1 heterocycles. The number of hydrogen-bond acceptors (Lipinski definition) is 1. The third kappa shape index (κ3) is 4.83. The zero-order valence-electron chi connectivity index (χ0n) is 26.4. The second kappa shape index (κ2) is 11.8. The highest BCUT2D eigenvalue weighted by Crippen LogP contribution is 2.42. The SMILES string of the molecule is c1ccc(N(c2ccccc2)c2cc(-c3ccc4c5ccccc5n(-c5ccccc5)c4c3)cc(-c3cccc4ccccc34)c2)cc1. The predicted molar refractivity (Wildman–Crippen MR) is 204 cm³/mol.